The second-order valence-corrected chi connectivity index (χ2v) is 6.75. The number of hydrogen-bond donors (Lipinski definition) is 2. The smallest absolute Gasteiger partial charge is 0.262 e. The average molecular weight is 366 g/mol. The van der Waals surface area contributed by atoms with Crippen LogP contribution < -0.4 is 10.6 Å². The van der Waals surface area contributed by atoms with Gasteiger partial charge in [0.1, 0.15) is 6.04 Å². The summed E-state index contributed by atoms with van der Waals surface area (Å²) in [6.45, 7) is 5.45. The maximum absolute atomic E-state index is 12.8. The van der Waals surface area contributed by atoms with E-state index < -0.39 is 6.04 Å². The fourth-order valence-electron chi connectivity index (χ4n) is 3.43. The first-order chi connectivity index (χ1) is 11.5. The van der Waals surface area contributed by atoms with Crippen LogP contribution in [0, 0.1) is 5.92 Å². The first-order valence-corrected chi connectivity index (χ1v) is 8.48. The zero-order chi connectivity index (χ0) is 17.3. The summed E-state index contributed by atoms with van der Waals surface area (Å²) in [5, 5.41) is 6.27. The SMILES string of the molecule is CC(C)C(C(=O)NC1CCNCC1)N1C(=O)c2ccccc2C1=O.Cl. The second-order valence-electron chi connectivity index (χ2n) is 6.75. The number of nitrogens with one attached hydrogen (secondary N) is 2. The maximum atomic E-state index is 12.8. The van der Waals surface area contributed by atoms with Crippen molar-refractivity contribution in [2.45, 2.75) is 38.8 Å². The number of fused-ring (bicyclic) bond motifs is 1. The molecular formula is C18H24ClN3O3. The minimum absolute atomic E-state index is 0. The summed E-state index contributed by atoms with van der Waals surface area (Å²) < 4.78 is 0. The van der Waals surface area contributed by atoms with E-state index in [9.17, 15) is 14.4 Å². The van der Waals surface area contributed by atoms with Gasteiger partial charge in [0.2, 0.25) is 5.91 Å². The van der Waals surface area contributed by atoms with Gasteiger partial charge >= 0.3 is 0 Å². The number of halogens is 1. The number of rotatable bonds is 4. The van der Waals surface area contributed by atoms with Crippen LogP contribution in [0.4, 0.5) is 0 Å². The van der Waals surface area contributed by atoms with E-state index in [1.807, 2.05) is 13.8 Å². The summed E-state index contributed by atoms with van der Waals surface area (Å²) in [7, 11) is 0. The first-order valence-electron chi connectivity index (χ1n) is 8.48. The van der Waals surface area contributed by atoms with Crippen LogP contribution in [0.25, 0.3) is 0 Å². The monoisotopic (exact) mass is 365 g/mol. The van der Waals surface area contributed by atoms with Gasteiger partial charge < -0.3 is 10.6 Å². The van der Waals surface area contributed by atoms with Gasteiger partial charge in [-0.05, 0) is 44.0 Å². The molecule has 1 saturated heterocycles. The number of imide groups is 1. The van der Waals surface area contributed by atoms with Crippen molar-refractivity contribution in [1.82, 2.24) is 15.5 Å². The molecule has 1 fully saturated rings. The molecule has 1 atom stereocenters. The molecular weight excluding hydrogens is 342 g/mol. The molecule has 3 rings (SSSR count). The molecule has 25 heavy (non-hydrogen) atoms. The zero-order valence-corrected chi connectivity index (χ0v) is 15.3. The highest BCUT2D eigenvalue weighted by atomic mass is 35.5. The number of benzene rings is 1. The highest BCUT2D eigenvalue weighted by molar-refractivity contribution is 6.22. The minimum Gasteiger partial charge on any atom is -0.351 e. The summed E-state index contributed by atoms with van der Waals surface area (Å²) in [6.07, 6.45) is 1.72. The van der Waals surface area contributed by atoms with Crippen molar-refractivity contribution in [3.8, 4) is 0 Å². The second kappa shape index (κ2) is 7.97. The Kier molecular flexibility index (Phi) is 6.19. The number of carbonyl (C=O) groups is 3. The summed E-state index contributed by atoms with van der Waals surface area (Å²) in [6, 6.07) is 6.04. The van der Waals surface area contributed by atoms with Crippen LogP contribution in [-0.4, -0.2) is 47.8 Å². The quantitative estimate of drug-likeness (QED) is 0.794. The summed E-state index contributed by atoms with van der Waals surface area (Å²) in [4.78, 5) is 39.3. The molecule has 3 amide bonds. The number of amides is 3. The Morgan fingerprint density at radius 3 is 2.12 bits per heavy atom. The standard InChI is InChI=1S/C18H23N3O3.ClH/c1-11(2)15(16(22)20-12-7-9-19-10-8-12)21-17(23)13-5-3-4-6-14(13)18(21)24;/h3-6,11-12,15,19H,7-10H2,1-2H3,(H,20,22);1H. The molecule has 2 heterocycles. The molecule has 0 spiro atoms. The van der Waals surface area contributed by atoms with Gasteiger partial charge in [-0.25, -0.2) is 0 Å². The lowest BCUT2D eigenvalue weighted by atomic mass is 9.99. The Morgan fingerprint density at radius 1 is 1.12 bits per heavy atom. The van der Waals surface area contributed by atoms with Crippen molar-refractivity contribution in [3.05, 3.63) is 35.4 Å². The third-order valence-corrected chi connectivity index (χ3v) is 4.69. The molecule has 0 saturated carbocycles. The van der Waals surface area contributed by atoms with E-state index in [2.05, 4.69) is 10.6 Å². The van der Waals surface area contributed by atoms with E-state index in [0.29, 0.717) is 11.1 Å². The van der Waals surface area contributed by atoms with E-state index in [1.165, 1.54) is 0 Å². The fourth-order valence-corrected chi connectivity index (χ4v) is 3.43. The summed E-state index contributed by atoms with van der Waals surface area (Å²) in [5.74, 6) is -1.16. The number of carbonyl (C=O) groups excluding carboxylic acids is 3. The van der Waals surface area contributed by atoms with Crippen molar-refractivity contribution in [1.29, 1.82) is 0 Å². The van der Waals surface area contributed by atoms with Crippen LogP contribution in [0.3, 0.4) is 0 Å². The number of piperidine rings is 1. The van der Waals surface area contributed by atoms with E-state index >= 15 is 0 Å². The topological polar surface area (TPSA) is 78.5 Å². The Hall–Kier alpha value is -1.92. The fraction of sp³-hybridized carbons (Fsp3) is 0.500. The van der Waals surface area contributed by atoms with Gasteiger partial charge in [-0.1, -0.05) is 26.0 Å². The lowest BCUT2D eigenvalue weighted by molar-refractivity contribution is -0.127. The molecule has 1 unspecified atom stereocenters. The molecule has 6 nitrogen and oxygen atoms in total. The van der Waals surface area contributed by atoms with Crippen LogP contribution >= 0.6 is 12.4 Å². The van der Waals surface area contributed by atoms with Gasteiger partial charge in [0.25, 0.3) is 11.8 Å². The van der Waals surface area contributed by atoms with E-state index in [0.717, 1.165) is 30.8 Å². The van der Waals surface area contributed by atoms with Gasteiger partial charge in [0, 0.05) is 6.04 Å². The average Bonchev–Trinajstić information content (AvgIpc) is 2.81. The highest BCUT2D eigenvalue weighted by Crippen LogP contribution is 2.27. The Balaban J connectivity index is 0.00000225. The van der Waals surface area contributed by atoms with E-state index in [4.69, 9.17) is 0 Å². The predicted molar refractivity (Wildman–Crippen MR) is 96.9 cm³/mol. The van der Waals surface area contributed by atoms with Crippen LogP contribution in [0.15, 0.2) is 24.3 Å². The Bertz CT molecular complexity index is 636. The van der Waals surface area contributed by atoms with Gasteiger partial charge in [0.15, 0.2) is 0 Å². The third-order valence-electron chi connectivity index (χ3n) is 4.69. The first kappa shape index (κ1) is 19.4. The molecule has 0 bridgehead atoms. The van der Waals surface area contributed by atoms with Crippen molar-refractivity contribution in [3.63, 3.8) is 0 Å². The Labute approximate surface area is 153 Å². The molecule has 7 heteroatoms. The number of nitrogens with zero attached hydrogens (tertiary/aromatic N) is 1. The minimum atomic E-state index is -0.785. The van der Waals surface area contributed by atoms with Gasteiger partial charge in [-0.3, -0.25) is 19.3 Å². The lowest BCUT2D eigenvalue weighted by Gasteiger charge is -2.31. The molecule has 0 aliphatic carbocycles. The summed E-state index contributed by atoms with van der Waals surface area (Å²) >= 11 is 0. The number of hydrogen-bond acceptors (Lipinski definition) is 4. The Morgan fingerprint density at radius 2 is 1.64 bits per heavy atom. The lowest BCUT2D eigenvalue weighted by Crippen LogP contribution is -2.55. The third kappa shape index (κ3) is 3.70. The highest BCUT2D eigenvalue weighted by Gasteiger charge is 2.44. The van der Waals surface area contributed by atoms with Crippen molar-refractivity contribution in [2.24, 2.45) is 5.92 Å². The van der Waals surface area contributed by atoms with Crippen LogP contribution in [0.2, 0.25) is 0 Å². The predicted octanol–water partition coefficient (Wildman–Crippen LogP) is 1.60. The molecule has 2 N–H and O–H groups in total. The van der Waals surface area contributed by atoms with Gasteiger partial charge in [-0.2, -0.15) is 0 Å². The molecule has 2 aliphatic heterocycles. The van der Waals surface area contributed by atoms with Crippen molar-refractivity contribution >= 4 is 30.1 Å². The van der Waals surface area contributed by atoms with E-state index in [-0.39, 0.29) is 42.1 Å². The molecule has 2 aliphatic rings. The van der Waals surface area contributed by atoms with Gasteiger partial charge in [-0.15, -0.1) is 12.4 Å². The van der Waals surface area contributed by atoms with Crippen LogP contribution in [-0.2, 0) is 4.79 Å². The molecule has 1 aromatic carbocycles. The zero-order valence-electron chi connectivity index (χ0n) is 14.5. The largest absolute Gasteiger partial charge is 0.351 e. The van der Waals surface area contributed by atoms with Crippen molar-refractivity contribution in [2.75, 3.05) is 13.1 Å². The summed E-state index contributed by atoms with van der Waals surface area (Å²) in [5.41, 5.74) is 0.755. The molecule has 0 aromatic heterocycles. The van der Waals surface area contributed by atoms with Crippen LogP contribution in [0.5, 0.6) is 0 Å². The molecule has 136 valence electrons. The van der Waals surface area contributed by atoms with Crippen molar-refractivity contribution < 1.29 is 14.4 Å². The van der Waals surface area contributed by atoms with Crippen LogP contribution in [0.1, 0.15) is 47.4 Å². The molecule has 0 radical (unpaired) electrons. The van der Waals surface area contributed by atoms with E-state index in [1.54, 1.807) is 24.3 Å². The maximum Gasteiger partial charge on any atom is 0.262 e. The molecule has 1 aromatic rings. The van der Waals surface area contributed by atoms with Gasteiger partial charge in [0.05, 0.1) is 11.1 Å². The normalized spacial score (nSPS) is 18.8.